The van der Waals surface area contributed by atoms with Gasteiger partial charge in [0.05, 0.1) is 16.8 Å². The number of imidazole rings is 1. The summed E-state index contributed by atoms with van der Waals surface area (Å²) in [6.07, 6.45) is 4.49. The minimum absolute atomic E-state index is 0.196. The first kappa shape index (κ1) is 20.4. The Kier molecular flexibility index (Phi) is 5.43. The van der Waals surface area contributed by atoms with Gasteiger partial charge in [-0.1, -0.05) is 42.5 Å². The third-order valence-corrected chi connectivity index (χ3v) is 6.07. The average Bonchev–Trinajstić information content (AvgIpc) is 3.50. The summed E-state index contributed by atoms with van der Waals surface area (Å²) >= 11 is 1.44. The fourth-order valence-corrected chi connectivity index (χ4v) is 4.40. The predicted molar refractivity (Wildman–Crippen MR) is 125 cm³/mol. The van der Waals surface area contributed by atoms with Crippen LogP contribution in [0.3, 0.4) is 0 Å². The normalized spacial score (nSPS) is 12.2. The quantitative estimate of drug-likeness (QED) is 0.268. The number of aliphatic hydroxyl groups is 1. The molecule has 0 aliphatic rings. The first-order valence-corrected chi connectivity index (χ1v) is 11.3. The fourth-order valence-electron chi connectivity index (χ4n) is 3.68. The van der Waals surface area contributed by atoms with Crippen molar-refractivity contribution < 1.29 is 14.2 Å². The van der Waals surface area contributed by atoms with Gasteiger partial charge in [0, 0.05) is 28.7 Å². The minimum Gasteiger partial charge on any atom is -0.453 e. The molecule has 0 fully saturated rings. The van der Waals surface area contributed by atoms with E-state index in [9.17, 15) is 9.50 Å². The van der Waals surface area contributed by atoms with Crippen LogP contribution in [0.15, 0.2) is 84.0 Å². The van der Waals surface area contributed by atoms with Gasteiger partial charge in [0.2, 0.25) is 0 Å². The van der Waals surface area contributed by atoms with Crippen molar-refractivity contribution >= 4 is 22.7 Å². The molecule has 0 saturated carbocycles. The monoisotopic (exact) mass is 445 g/mol. The van der Waals surface area contributed by atoms with Gasteiger partial charge in [-0.3, -0.25) is 0 Å². The summed E-state index contributed by atoms with van der Waals surface area (Å²) in [7, 11) is 0. The molecule has 1 atom stereocenters. The molecule has 5 rings (SSSR count). The molecular formula is C25H20FN3O2S. The topological polar surface area (TPSA) is 73.9 Å². The van der Waals surface area contributed by atoms with Crippen LogP contribution < -0.4 is 4.74 Å². The Hall–Kier alpha value is -3.55. The van der Waals surface area contributed by atoms with Crippen LogP contribution in [0.2, 0.25) is 0 Å². The second-order valence-corrected chi connectivity index (χ2v) is 8.11. The maximum absolute atomic E-state index is 14.8. The summed E-state index contributed by atoms with van der Waals surface area (Å²) in [5.74, 6) is 0.850. The SMILES string of the molecule is CSc1c(Oc2cccc(-c3ncc(C(O)c4ccccc4)[nH]3)c2)c(F)cc2[nH]ccc12. The van der Waals surface area contributed by atoms with Crippen LogP contribution in [0.5, 0.6) is 11.5 Å². The Bertz CT molecular complexity index is 1380. The van der Waals surface area contributed by atoms with E-state index >= 15 is 0 Å². The third kappa shape index (κ3) is 3.77. The molecule has 0 aliphatic heterocycles. The summed E-state index contributed by atoms with van der Waals surface area (Å²) in [6.45, 7) is 0. The molecule has 0 spiro atoms. The zero-order valence-corrected chi connectivity index (χ0v) is 18.0. The lowest BCUT2D eigenvalue weighted by Gasteiger charge is -2.13. The number of rotatable bonds is 6. The Morgan fingerprint density at radius 3 is 2.72 bits per heavy atom. The van der Waals surface area contributed by atoms with Crippen LogP contribution in [0.4, 0.5) is 4.39 Å². The van der Waals surface area contributed by atoms with E-state index < -0.39 is 11.9 Å². The first-order chi connectivity index (χ1) is 15.6. The van der Waals surface area contributed by atoms with Crippen LogP contribution in [0.1, 0.15) is 17.4 Å². The molecule has 5 aromatic rings. The maximum atomic E-state index is 14.8. The van der Waals surface area contributed by atoms with Gasteiger partial charge in [-0.2, -0.15) is 0 Å². The predicted octanol–water partition coefficient (Wildman–Crippen LogP) is 6.29. The van der Waals surface area contributed by atoms with Crippen LogP contribution in [0, 0.1) is 5.82 Å². The number of hydrogen-bond donors (Lipinski definition) is 3. The van der Waals surface area contributed by atoms with Gasteiger partial charge in [0.15, 0.2) is 11.6 Å². The molecular weight excluding hydrogens is 425 g/mol. The summed E-state index contributed by atoms with van der Waals surface area (Å²) in [5, 5.41) is 11.5. The van der Waals surface area contributed by atoms with E-state index in [1.807, 2.05) is 54.8 Å². The van der Waals surface area contributed by atoms with Crippen LogP contribution in [-0.4, -0.2) is 26.3 Å². The van der Waals surface area contributed by atoms with Gasteiger partial charge in [-0.05, 0) is 30.0 Å². The number of hydrogen-bond acceptors (Lipinski definition) is 4. The number of fused-ring (bicyclic) bond motifs is 1. The van der Waals surface area contributed by atoms with Crippen molar-refractivity contribution in [1.29, 1.82) is 0 Å². The van der Waals surface area contributed by atoms with Crippen LogP contribution in [-0.2, 0) is 0 Å². The van der Waals surface area contributed by atoms with Gasteiger partial charge in [0.25, 0.3) is 0 Å². The van der Waals surface area contributed by atoms with Crippen molar-refractivity contribution in [2.45, 2.75) is 11.0 Å². The molecule has 3 aromatic carbocycles. The molecule has 0 saturated heterocycles. The smallest absolute Gasteiger partial charge is 0.177 e. The second-order valence-electron chi connectivity index (χ2n) is 7.29. The third-order valence-electron chi connectivity index (χ3n) is 5.25. The Morgan fingerprint density at radius 2 is 1.91 bits per heavy atom. The number of aliphatic hydroxyl groups excluding tert-OH is 1. The Labute approximate surface area is 188 Å². The molecule has 1 unspecified atom stereocenters. The highest BCUT2D eigenvalue weighted by Gasteiger charge is 2.17. The highest BCUT2D eigenvalue weighted by atomic mass is 32.2. The highest BCUT2D eigenvalue weighted by molar-refractivity contribution is 7.99. The fraction of sp³-hybridized carbons (Fsp3) is 0.0800. The van der Waals surface area contributed by atoms with Gasteiger partial charge < -0.3 is 19.8 Å². The first-order valence-electron chi connectivity index (χ1n) is 10.0. The number of benzene rings is 3. The molecule has 0 aliphatic carbocycles. The van der Waals surface area contributed by atoms with Crippen molar-refractivity contribution in [3.63, 3.8) is 0 Å². The number of nitrogens with one attached hydrogen (secondary N) is 2. The van der Waals surface area contributed by atoms with E-state index in [1.54, 1.807) is 24.5 Å². The number of ether oxygens (including phenoxy) is 1. The van der Waals surface area contributed by atoms with Gasteiger partial charge in [-0.15, -0.1) is 11.8 Å². The molecule has 2 aromatic heterocycles. The van der Waals surface area contributed by atoms with Gasteiger partial charge in [0.1, 0.15) is 17.7 Å². The summed E-state index contributed by atoms with van der Waals surface area (Å²) in [4.78, 5) is 11.4. The maximum Gasteiger partial charge on any atom is 0.177 e. The van der Waals surface area contributed by atoms with E-state index in [0.29, 0.717) is 17.3 Å². The van der Waals surface area contributed by atoms with Crippen LogP contribution >= 0.6 is 11.8 Å². The van der Waals surface area contributed by atoms with Crippen molar-refractivity contribution in [2.75, 3.05) is 6.26 Å². The van der Waals surface area contributed by atoms with E-state index in [0.717, 1.165) is 26.9 Å². The zero-order valence-electron chi connectivity index (χ0n) is 17.2. The van der Waals surface area contributed by atoms with Gasteiger partial charge >= 0.3 is 0 Å². The summed E-state index contributed by atoms with van der Waals surface area (Å²) < 4.78 is 20.8. The molecule has 0 bridgehead atoms. The number of aromatic amines is 2. The largest absolute Gasteiger partial charge is 0.453 e. The number of H-pyrrole nitrogens is 2. The van der Waals surface area contributed by atoms with E-state index in [2.05, 4.69) is 15.0 Å². The lowest BCUT2D eigenvalue weighted by molar-refractivity contribution is 0.216. The summed E-state index contributed by atoms with van der Waals surface area (Å²) in [6, 6.07) is 20.0. The van der Waals surface area contributed by atoms with Gasteiger partial charge in [-0.25, -0.2) is 9.37 Å². The second kappa shape index (κ2) is 8.53. The molecule has 0 amide bonds. The molecule has 5 nitrogen and oxygen atoms in total. The number of aromatic nitrogens is 3. The lowest BCUT2D eigenvalue weighted by atomic mass is 10.1. The van der Waals surface area contributed by atoms with E-state index in [4.69, 9.17) is 4.74 Å². The number of thioether (sulfide) groups is 1. The molecule has 7 heteroatoms. The highest BCUT2D eigenvalue weighted by Crippen LogP contribution is 2.40. The Morgan fingerprint density at radius 1 is 1.06 bits per heavy atom. The molecule has 2 heterocycles. The lowest BCUT2D eigenvalue weighted by Crippen LogP contribution is -1.99. The zero-order chi connectivity index (χ0) is 22.1. The standard InChI is InChI=1S/C25H20FN3O2S/c1-32-24-18-10-11-27-20(18)13-19(26)23(24)31-17-9-5-8-16(12-17)25-28-14-21(29-25)22(30)15-6-3-2-4-7-15/h2-14,22,27,30H,1H3,(H,28,29). The average molecular weight is 446 g/mol. The molecule has 0 radical (unpaired) electrons. The van der Waals surface area contributed by atoms with E-state index in [1.165, 1.54) is 17.8 Å². The Balaban J connectivity index is 1.45. The van der Waals surface area contributed by atoms with E-state index in [-0.39, 0.29) is 5.75 Å². The van der Waals surface area contributed by atoms with Crippen molar-refractivity contribution in [2.24, 2.45) is 0 Å². The van der Waals surface area contributed by atoms with Crippen LogP contribution in [0.25, 0.3) is 22.3 Å². The molecule has 32 heavy (non-hydrogen) atoms. The minimum atomic E-state index is -0.803. The number of halogens is 1. The van der Waals surface area contributed by atoms with Crippen molar-refractivity contribution in [3.05, 3.63) is 96.2 Å². The van der Waals surface area contributed by atoms with Crippen molar-refractivity contribution in [3.8, 4) is 22.9 Å². The molecule has 160 valence electrons. The molecule has 3 N–H and O–H groups in total. The summed E-state index contributed by atoms with van der Waals surface area (Å²) in [5.41, 5.74) is 2.86. The number of nitrogens with zero attached hydrogens (tertiary/aromatic N) is 1. The van der Waals surface area contributed by atoms with Crippen molar-refractivity contribution in [1.82, 2.24) is 15.0 Å².